The van der Waals surface area contributed by atoms with Gasteiger partial charge in [-0.25, -0.2) is 0 Å². The van der Waals surface area contributed by atoms with Crippen LogP contribution in [-0.4, -0.2) is 35.9 Å². The van der Waals surface area contributed by atoms with Crippen LogP contribution in [0.2, 0.25) is 10.0 Å². The number of para-hydroxylation sites is 1. The first-order valence-corrected chi connectivity index (χ1v) is 12.8. The summed E-state index contributed by atoms with van der Waals surface area (Å²) in [5, 5.41) is 3.74. The van der Waals surface area contributed by atoms with Gasteiger partial charge < -0.3 is 15.0 Å². The minimum absolute atomic E-state index is 0.0706. The van der Waals surface area contributed by atoms with E-state index in [0.29, 0.717) is 34.3 Å². The van der Waals surface area contributed by atoms with E-state index in [-0.39, 0.29) is 30.9 Å². The molecule has 7 heteroatoms. The van der Waals surface area contributed by atoms with Gasteiger partial charge in [0.25, 0.3) is 5.91 Å². The molecular formula is C29H32Cl2N2O3. The lowest BCUT2D eigenvalue weighted by Gasteiger charge is -2.32. The van der Waals surface area contributed by atoms with Gasteiger partial charge in [-0.05, 0) is 42.2 Å². The number of amides is 2. The zero-order valence-electron chi connectivity index (χ0n) is 20.8. The highest BCUT2D eigenvalue weighted by molar-refractivity contribution is 6.36. The fraction of sp³-hybridized carbons (Fsp3) is 0.310. The molecule has 5 nitrogen and oxygen atoms in total. The highest BCUT2D eigenvalue weighted by Crippen LogP contribution is 2.28. The summed E-state index contributed by atoms with van der Waals surface area (Å²) in [6.07, 6.45) is 0.336. The van der Waals surface area contributed by atoms with E-state index in [9.17, 15) is 9.59 Å². The third-order valence-electron chi connectivity index (χ3n) is 5.90. The van der Waals surface area contributed by atoms with E-state index in [1.165, 1.54) is 4.90 Å². The Morgan fingerprint density at radius 2 is 1.56 bits per heavy atom. The van der Waals surface area contributed by atoms with Gasteiger partial charge in [0.15, 0.2) is 6.61 Å². The molecule has 1 unspecified atom stereocenters. The SMILES string of the molecule is CCNC(=O)C(Cc1ccccc1)N(Cc1c(Cl)cccc1Cl)C(=O)COc1ccccc1C(C)C. The van der Waals surface area contributed by atoms with Gasteiger partial charge >= 0.3 is 0 Å². The summed E-state index contributed by atoms with van der Waals surface area (Å²) in [7, 11) is 0. The number of carbonyl (C=O) groups is 2. The first kappa shape index (κ1) is 27.6. The lowest BCUT2D eigenvalue weighted by Crippen LogP contribution is -2.51. The van der Waals surface area contributed by atoms with Crippen LogP contribution in [0.3, 0.4) is 0 Å². The summed E-state index contributed by atoms with van der Waals surface area (Å²) in [6.45, 7) is 6.27. The van der Waals surface area contributed by atoms with Gasteiger partial charge in [-0.1, -0.05) is 91.6 Å². The highest BCUT2D eigenvalue weighted by atomic mass is 35.5. The molecule has 0 aromatic heterocycles. The van der Waals surface area contributed by atoms with Crippen molar-refractivity contribution in [1.29, 1.82) is 0 Å². The summed E-state index contributed by atoms with van der Waals surface area (Å²) >= 11 is 12.9. The molecule has 0 fully saturated rings. The standard InChI is InChI=1S/C29H32Cl2N2O3/c1-4-32-29(35)26(17-21-11-6-5-7-12-21)33(18-23-24(30)14-10-15-25(23)31)28(34)19-36-27-16-9-8-13-22(27)20(2)3/h5-16,20,26H,4,17-19H2,1-3H3,(H,32,35). The largest absolute Gasteiger partial charge is 0.483 e. The second-order valence-electron chi connectivity index (χ2n) is 8.80. The third kappa shape index (κ3) is 7.25. The molecule has 0 saturated carbocycles. The van der Waals surface area contributed by atoms with Crippen molar-refractivity contribution < 1.29 is 14.3 Å². The summed E-state index contributed by atoms with van der Waals surface area (Å²) in [5.41, 5.74) is 2.53. The first-order chi connectivity index (χ1) is 17.3. The van der Waals surface area contributed by atoms with Crippen molar-refractivity contribution in [3.8, 4) is 5.75 Å². The molecule has 0 aliphatic carbocycles. The fourth-order valence-electron chi connectivity index (χ4n) is 4.01. The van der Waals surface area contributed by atoms with Crippen LogP contribution in [0.4, 0.5) is 0 Å². The van der Waals surface area contributed by atoms with Gasteiger partial charge in [-0.2, -0.15) is 0 Å². The molecule has 0 radical (unpaired) electrons. The summed E-state index contributed by atoms with van der Waals surface area (Å²) < 4.78 is 5.99. The minimum atomic E-state index is -0.781. The van der Waals surface area contributed by atoms with Crippen LogP contribution in [-0.2, 0) is 22.6 Å². The molecule has 0 heterocycles. The smallest absolute Gasteiger partial charge is 0.261 e. The van der Waals surface area contributed by atoms with Crippen molar-refractivity contribution in [2.75, 3.05) is 13.2 Å². The molecular weight excluding hydrogens is 495 g/mol. The topological polar surface area (TPSA) is 58.6 Å². The van der Waals surface area contributed by atoms with Crippen LogP contribution in [0.15, 0.2) is 72.8 Å². The lowest BCUT2D eigenvalue weighted by molar-refractivity contribution is -0.142. The molecule has 2 amide bonds. The van der Waals surface area contributed by atoms with E-state index < -0.39 is 6.04 Å². The van der Waals surface area contributed by atoms with Crippen LogP contribution in [0.25, 0.3) is 0 Å². The Bertz CT molecular complexity index is 1150. The second-order valence-corrected chi connectivity index (χ2v) is 9.62. The van der Waals surface area contributed by atoms with Crippen LogP contribution >= 0.6 is 23.2 Å². The summed E-state index contributed by atoms with van der Waals surface area (Å²) in [6, 6.07) is 21.7. The monoisotopic (exact) mass is 526 g/mol. The van der Waals surface area contributed by atoms with Crippen LogP contribution in [0.5, 0.6) is 5.75 Å². The molecule has 0 spiro atoms. The fourth-order valence-corrected chi connectivity index (χ4v) is 4.53. The molecule has 190 valence electrons. The van der Waals surface area contributed by atoms with Crippen molar-refractivity contribution in [3.05, 3.63) is 99.5 Å². The normalized spacial score (nSPS) is 11.7. The number of rotatable bonds is 11. The van der Waals surface area contributed by atoms with Gasteiger partial charge in [0, 0.05) is 35.1 Å². The van der Waals surface area contributed by atoms with E-state index in [0.717, 1.165) is 11.1 Å². The quantitative estimate of drug-likeness (QED) is 0.320. The Hall–Kier alpha value is -3.02. The molecule has 1 N–H and O–H groups in total. The van der Waals surface area contributed by atoms with Gasteiger partial charge in [-0.3, -0.25) is 9.59 Å². The molecule has 0 bridgehead atoms. The number of hydrogen-bond acceptors (Lipinski definition) is 3. The lowest BCUT2D eigenvalue weighted by atomic mass is 10.0. The van der Waals surface area contributed by atoms with E-state index in [2.05, 4.69) is 19.2 Å². The predicted molar refractivity (Wildman–Crippen MR) is 146 cm³/mol. The summed E-state index contributed by atoms with van der Waals surface area (Å²) in [4.78, 5) is 28.5. The van der Waals surface area contributed by atoms with Crippen molar-refractivity contribution in [2.45, 2.75) is 45.7 Å². The highest BCUT2D eigenvalue weighted by Gasteiger charge is 2.31. The third-order valence-corrected chi connectivity index (χ3v) is 6.61. The molecule has 0 aliphatic heterocycles. The molecule has 3 aromatic carbocycles. The van der Waals surface area contributed by atoms with Crippen molar-refractivity contribution in [1.82, 2.24) is 10.2 Å². The van der Waals surface area contributed by atoms with E-state index >= 15 is 0 Å². The van der Waals surface area contributed by atoms with Crippen molar-refractivity contribution in [2.24, 2.45) is 0 Å². The Labute approximate surface area is 223 Å². The number of likely N-dealkylation sites (N-methyl/N-ethyl adjacent to an activating group) is 1. The Balaban J connectivity index is 1.96. The summed E-state index contributed by atoms with van der Waals surface area (Å²) in [5.74, 6) is 0.293. The van der Waals surface area contributed by atoms with Crippen molar-refractivity contribution >= 4 is 35.0 Å². The average Bonchev–Trinajstić information content (AvgIpc) is 2.87. The minimum Gasteiger partial charge on any atom is -0.483 e. The number of carbonyl (C=O) groups excluding carboxylic acids is 2. The van der Waals surface area contributed by atoms with Gasteiger partial charge in [0.05, 0.1) is 0 Å². The maximum Gasteiger partial charge on any atom is 0.261 e. The Morgan fingerprint density at radius 1 is 0.917 bits per heavy atom. The number of ether oxygens (including phenoxy) is 1. The van der Waals surface area contributed by atoms with Gasteiger partial charge in [0.2, 0.25) is 5.91 Å². The Morgan fingerprint density at radius 3 is 2.19 bits per heavy atom. The average molecular weight is 527 g/mol. The second kappa shape index (κ2) is 13.3. The van der Waals surface area contributed by atoms with Crippen LogP contribution in [0, 0.1) is 0 Å². The predicted octanol–water partition coefficient (Wildman–Crippen LogP) is 6.27. The number of halogens is 2. The molecule has 3 aromatic rings. The number of nitrogens with zero attached hydrogens (tertiary/aromatic N) is 1. The van der Waals surface area contributed by atoms with Gasteiger partial charge in [-0.15, -0.1) is 0 Å². The van der Waals surface area contributed by atoms with Crippen molar-refractivity contribution in [3.63, 3.8) is 0 Å². The van der Waals surface area contributed by atoms with E-state index in [1.807, 2.05) is 61.5 Å². The van der Waals surface area contributed by atoms with Crippen LogP contribution < -0.4 is 10.1 Å². The molecule has 1 atom stereocenters. The maximum atomic E-state index is 13.7. The molecule has 3 rings (SSSR count). The zero-order valence-corrected chi connectivity index (χ0v) is 22.4. The number of hydrogen-bond donors (Lipinski definition) is 1. The van der Waals surface area contributed by atoms with E-state index in [4.69, 9.17) is 27.9 Å². The first-order valence-electron chi connectivity index (χ1n) is 12.1. The molecule has 36 heavy (non-hydrogen) atoms. The Kier molecular flexibility index (Phi) is 10.2. The zero-order chi connectivity index (χ0) is 26.1. The number of nitrogens with one attached hydrogen (secondary N) is 1. The molecule has 0 saturated heterocycles. The maximum absolute atomic E-state index is 13.7. The van der Waals surface area contributed by atoms with Gasteiger partial charge in [0.1, 0.15) is 11.8 Å². The molecule has 0 aliphatic rings. The van der Waals surface area contributed by atoms with E-state index in [1.54, 1.807) is 18.2 Å². The number of benzene rings is 3. The van der Waals surface area contributed by atoms with Crippen LogP contribution in [0.1, 0.15) is 43.4 Å².